The lowest BCUT2D eigenvalue weighted by molar-refractivity contribution is 0.102. The number of hydrogen-bond donors (Lipinski definition) is 0. The zero-order valence-electron chi connectivity index (χ0n) is 14.9. The van der Waals surface area contributed by atoms with Crippen molar-refractivity contribution in [3.63, 3.8) is 0 Å². The fraction of sp³-hybridized carbons (Fsp3) is 0.100. The van der Waals surface area contributed by atoms with E-state index in [1.165, 1.54) is 45.1 Å². The highest BCUT2D eigenvalue weighted by molar-refractivity contribution is 7.99. The molecule has 0 saturated carbocycles. The average Bonchev–Trinajstić information content (AvgIpc) is 3.11. The van der Waals surface area contributed by atoms with Gasteiger partial charge in [0.15, 0.2) is 10.9 Å². The lowest BCUT2D eigenvalue weighted by Gasteiger charge is -2.06. The Balaban J connectivity index is 1.59. The lowest BCUT2D eigenvalue weighted by atomic mass is 10.1. The van der Waals surface area contributed by atoms with E-state index in [0.29, 0.717) is 16.4 Å². The first-order valence-electron chi connectivity index (χ1n) is 8.48. The summed E-state index contributed by atoms with van der Waals surface area (Å²) in [5.74, 6) is -0.289. The van der Waals surface area contributed by atoms with E-state index in [4.69, 9.17) is 0 Å². The maximum atomic E-state index is 13.5. The highest BCUT2D eigenvalue weighted by Gasteiger charge is 2.14. The Bertz CT molecular complexity index is 1230. The van der Waals surface area contributed by atoms with Gasteiger partial charge in [-0.3, -0.25) is 18.6 Å². The molecule has 2 aromatic heterocycles. The first-order chi connectivity index (χ1) is 13.5. The van der Waals surface area contributed by atoms with Gasteiger partial charge in [0.05, 0.1) is 11.4 Å². The van der Waals surface area contributed by atoms with E-state index in [2.05, 4.69) is 10.2 Å². The summed E-state index contributed by atoms with van der Waals surface area (Å²) >= 11 is 1.21. The molecule has 0 saturated heterocycles. The summed E-state index contributed by atoms with van der Waals surface area (Å²) in [5.41, 5.74) is 1.80. The number of carbonyl (C=O) groups is 1. The molecule has 140 valence electrons. The number of ketones is 1. The van der Waals surface area contributed by atoms with Gasteiger partial charge < -0.3 is 0 Å². The molecular formula is C20H15FN4O2S. The number of thioether (sulfide) groups is 1. The molecule has 0 N–H and O–H groups in total. The zero-order valence-corrected chi connectivity index (χ0v) is 15.7. The minimum Gasteiger partial charge on any atom is -0.293 e. The van der Waals surface area contributed by atoms with E-state index in [0.717, 1.165) is 5.56 Å². The Morgan fingerprint density at radius 2 is 1.89 bits per heavy atom. The van der Waals surface area contributed by atoms with E-state index < -0.39 is 11.4 Å². The van der Waals surface area contributed by atoms with Crippen LogP contribution in [0, 0.1) is 12.7 Å². The van der Waals surface area contributed by atoms with Crippen molar-refractivity contribution in [3.8, 4) is 5.69 Å². The summed E-state index contributed by atoms with van der Waals surface area (Å²) in [6.45, 7) is 1.96. The lowest BCUT2D eigenvalue weighted by Crippen LogP contribution is -2.20. The third-order valence-corrected chi connectivity index (χ3v) is 5.17. The number of Topliss-reactive ketones (excluding diaryl/α,β-unsaturated/α-hetero) is 1. The van der Waals surface area contributed by atoms with Crippen LogP contribution in [0.5, 0.6) is 0 Å². The maximum absolute atomic E-state index is 13.5. The first-order valence-corrected chi connectivity index (χ1v) is 9.46. The molecule has 8 heteroatoms. The predicted molar refractivity (Wildman–Crippen MR) is 105 cm³/mol. The van der Waals surface area contributed by atoms with Crippen LogP contribution in [-0.2, 0) is 0 Å². The molecule has 2 heterocycles. The largest absolute Gasteiger partial charge is 0.300 e. The molecule has 2 aromatic carbocycles. The zero-order chi connectivity index (χ0) is 19.7. The molecule has 0 spiro atoms. The highest BCUT2D eigenvalue weighted by atomic mass is 32.2. The van der Waals surface area contributed by atoms with E-state index >= 15 is 0 Å². The van der Waals surface area contributed by atoms with Crippen molar-refractivity contribution in [1.29, 1.82) is 0 Å². The fourth-order valence-corrected chi connectivity index (χ4v) is 3.56. The second kappa shape index (κ2) is 7.40. The van der Waals surface area contributed by atoms with Gasteiger partial charge in [-0.05, 0) is 25.1 Å². The number of aryl methyl sites for hydroxylation is 1. The third-order valence-electron chi connectivity index (χ3n) is 4.23. The third kappa shape index (κ3) is 3.46. The molecule has 0 aliphatic rings. The normalized spacial score (nSPS) is 11.1. The molecule has 0 fully saturated rings. The fourth-order valence-electron chi connectivity index (χ4n) is 2.75. The second-order valence-electron chi connectivity index (χ2n) is 6.21. The Morgan fingerprint density at radius 1 is 1.11 bits per heavy atom. The molecule has 28 heavy (non-hydrogen) atoms. The van der Waals surface area contributed by atoms with Crippen LogP contribution in [0.1, 0.15) is 15.9 Å². The summed E-state index contributed by atoms with van der Waals surface area (Å²) in [5, 5.41) is 8.41. The summed E-state index contributed by atoms with van der Waals surface area (Å²) in [6, 6.07) is 13.1. The number of benzene rings is 2. The molecule has 6 nitrogen and oxygen atoms in total. The van der Waals surface area contributed by atoms with Crippen LogP contribution in [0.4, 0.5) is 4.39 Å². The van der Waals surface area contributed by atoms with Crippen LogP contribution < -0.4 is 5.56 Å². The van der Waals surface area contributed by atoms with E-state index in [1.54, 1.807) is 24.4 Å². The maximum Gasteiger partial charge on any atom is 0.300 e. The molecule has 0 aliphatic heterocycles. The minimum absolute atomic E-state index is 0.0325. The van der Waals surface area contributed by atoms with Gasteiger partial charge in [0.1, 0.15) is 5.82 Å². The van der Waals surface area contributed by atoms with Crippen molar-refractivity contribution < 1.29 is 9.18 Å². The van der Waals surface area contributed by atoms with Gasteiger partial charge in [0.25, 0.3) is 0 Å². The standard InChI is InChI=1S/C20H15FN4O2S/c1-13-5-7-14(8-6-13)17(26)12-28-20-23-22-18-19(27)24(9-10-25(18)20)16-4-2-3-15(21)11-16/h2-11H,12H2,1H3. The Morgan fingerprint density at radius 3 is 2.64 bits per heavy atom. The van der Waals surface area contributed by atoms with Gasteiger partial charge in [-0.25, -0.2) is 4.39 Å². The van der Waals surface area contributed by atoms with Gasteiger partial charge in [-0.1, -0.05) is 47.7 Å². The molecule has 0 radical (unpaired) electrons. The number of nitrogens with zero attached hydrogens (tertiary/aromatic N) is 4. The quantitative estimate of drug-likeness (QED) is 0.384. The van der Waals surface area contributed by atoms with Crippen molar-refractivity contribution in [2.75, 3.05) is 5.75 Å². The van der Waals surface area contributed by atoms with Crippen LogP contribution in [0.15, 0.2) is 70.9 Å². The number of rotatable bonds is 5. The molecule has 0 aliphatic carbocycles. The number of aromatic nitrogens is 4. The van der Waals surface area contributed by atoms with Gasteiger partial charge in [0, 0.05) is 18.0 Å². The van der Waals surface area contributed by atoms with Gasteiger partial charge in [0.2, 0.25) is 5.65 Å². The van der Waals surface area contributed by atoms with E-state index in [9.17, 15) is 14.0 Å². The summed E-state index contributed by atoms with van der Waals surface area (Å²) in [4.78, 5) is 25.0. The van der Waals surface area contributed by atoms with Crippen molar-refractivity contribution in [2.24, 2.45) is 0 Å². The smallest absolute Gasteiger partial charge is 0.293 e. The van der Waals surface area contributed by atoms with Crippen LogP contribution in [-0.4, -0.2) is 30.7 Å². The van der Waals surface area contributed by atoms with Crippen molar-refractivity contribution in [2.45, 2.75) is 12.1 Å². The van der Waals surface area contributed by atoms with Gasteiger partial charge in [-0.2, -0.15) is 0 Å². The second-order valence-corrected chi connectivity index (χ2v) is 7.15. The Labute approximate surface area is 163 Å². The number of hydrogen-bond acceptors (Lipinski definition) is 5. The first kappa shape index (κ1) is 18.1. The predicted octanol–water partition coefficient (Wildman–Crippen LogP) is 3.30. The summed E-state index contributed by atoms with van der Waals surface area (Å²) in [7, 11) is 0. The average molecular weight is 394 g/mol. The molecule has 4 rings (SSSR count). The molecule has 0 bridgehead atoms. The monoisotopic (exact) mass is 394 g/mol. The minimum atomic E-state index is -0.434. The number of fused-ring (bicyclic) bond motifs is 1. The van der Waals surface area contributed by atoms with Crippen molar-refractivity contribution >= 4 is 23.2 Å². The highest BCUT2D eigenvalue weighted by Crippen LogP contribution is 2.18. The van der Waals surface area contributed by atoms with Crippen molar-refractivity contribution in [3.05, 3.63) is 88.2 Å². The molecule has 0 amide bonds. The van der Waals surface area contributed by atoms with E-state index in [1.807, 2.05) is 19.1 Å². The van der Waals surface area contributed by atoms with Crippen LogP contribution in [0.2, 0.25) is 0 Å². The van der Waals surface area contributed by atoms with E-state index in [-0.39, 0.29) is 17.2 Å². The topological polar surface area (TPSA) is 69.3 Å². The van der Waals surface area contributed by atoms with Crippen LogP contribution >= 0.6 is 11.8 Å². The molecule has 0 unspecified atom stereocenters. The number of carbonyl (C=O) groups excluding carboxylic acids is 1. The Kier molecular flexibility index (Phi) is 4.79. The molecular weight excluding hydrogens is 379 g/mol. The molecule has 4 aromatic rings. The summed E-state index contributed by atoms with van der Waals surface area (Å²) < 4.78 is 16.3. The van der Waals surface area contributed by atoms with Crippen LogP contribution in [0.25, 0.3) is 11.3 Å². The molecule has 0 atom stereocenters. The van der Waals surface area contributed by atoms with Crippen LogP contribution in [0.3, 0.4) is 0 Å². The Hall–Kier alpha value is -3.26. The van der Waals surface area contributed by atoms with Gasteiger partial charge >= 0.3 is 5.56 Å². The summed E-state index contributed by atoms with van der Waals surface area (Å²) in [6.07, 6.45) is 3.15. The number of halogens is 1. The van der Waals surface area contributed by atoms with Crippen molar-refractivity contribution in [1.82, 2.24) is 19.2 Å². The SMILES string of the molecule is Cc1ccc(C(=O)CSc2nnc3c(=O)n(-c4cccc(F)c4)ccn23)cc1. The van der Waals surface area contributed by atoms with Gasteiger partial charge in [-0.15, -0.1) is 10.2 Å².